The molecule has 0 saturated carbocycles. The van der Waals surface area contributed by atoms with E-state index in [2.05, 4.69) is 37.1 Å². The molecular formula is C18H23NO2. The van der Waals surface area contributed by atoms with Gasteiger partial charge in [-0.3, -0.25) is 4.90 Å². The van der Waals surface area contributed by atoms with E-state index < -0.39 is 0 Å². The summed E-state index contributed by atoms with van der Waals surface area (Å²) >= 11 is 0. The van der Waals surface area contributed by atoms with Crippen molar-refractivity contribution in [3.05, 3.63) is 42.0 Å². The van der Waals surface area contributed by atoms with Crippen LogP contribution in [0.5, 0.6) is 5.75 Å². The number of hydrogen-bond acceptors (Lipinski definition) is 3. The van der Waals surface area contributed by atoms with E-state index in [-0.39, 0.29) is 0 Å². The highest BCUT2D eigenvalue weighted by Gasteiger charge is 2.38. The van der Waals surface area contributed by atoms with Gasteiger partial charge < -0.3 is 9.47 Å². The van der Waals surface area contributed by atoms with Crippen LogP contribution < -0.4 is 4.74 Å². The first-order valence-electron chi connectivity index (χ1n) is 7.59. The normalized spacial score (nSPS) is 24.2. The molecule has 0 aromatic heterocycles. The Kier molecular flexibility index (Phi) is 4.13. The third kappa shape index (κ3) is 2.89. The molecule has 2 saturated heterocycles. The highest BCUT2D eigenvalue weighted by Crippen LogP contribution is 2.28. The van der Waals surface area contributed by atoms with Gasteiger partial charge >= 0.3 is 0 Å². The third-order valence-electron chi connectivity index (χ3n) is 4.47. The van der Waals surface area contributed by atoms with Crippen molar-refractivity contribution in [1.29, 1.82) is 0 Å². The van der Waals surface area contributed by atoms with Gasteiger partial charge in [-0.25, -0.2) is 0 Å². The van der Waals surface area contributed by atoms with E-state index in [9.17, 15) is 0 Å². The molecule has 0 amide bonds. The first-order valence-corrected chi connectivity index (χ1v) is 7.59. The number of rotatable bonds is 6. The third-order valence-corrected chi connectivity index (χ3v) is 4.47. The van der Waals surface area contributed by atoms with Crippen LogP contribution in [0.25, 0.3) is 12.2 Å². The quantitative estimate of drug-likeness (QED) is 0.801. The molecule has 3 nitrogen and oxygen atoms in total. The summed E-state index contributed by atoms with van der Waals surface area (Å²) in [4.78, 5) is 2.48. The van der Waals surface area contributed by atoms with Crippen molar-refractivity contribution in [3.8, 4) is 5.75 Å². The van der Waals surface area contributed by atoms with Crippen molar-refractivity contribution in [2.24, 2.45) is 0 Å². The Morgan fingerprint density at radius 2 is 2.10 bits per heavy atom. The van der Waals surface area contributed by atoms with Gasteiger partial charge in [0.25, 0.3) is 0 Å². The van der Waals surface area contributed by atoms with E-state index in [0.717, 1.165) is 42.1 Å². The maximum Gasteiger partial charge on any atom is 0.122 e. The topological polar surface area (TPSA) is 21.7 Å². The van der Waals surface area contributed by atoms with Crippen LogP contribution in [-0.4, -0.2) is 43.3 Å². The summed E-state index contributed by atoms with van der Waals surface area (Å²) in [6.07, 6.45) is 5.35. The monoisotopic (exact) mass is 285 g/mol. The van der Waals surface area contributed by atoms with Crippen LogP contribution in [0.3, 0.4) is 0 Å². The summed E-state index contributed by atoms with van der Waals surface area (Å²) in [5.74, 6) is 0.941. The number of aryl methyl sites for hydroxylation is 1. The van der Waals surface area contributed by atoms with E-state index >= 15 is 0 Å². The summed E-state index contributed by atoms with van der Waals surface area (Å²) in [5.41, 5.74) is 3.31. The molecular weight excluding hydrogens is 262 g/mol. The van der Waals surface area contributed by atoms with Gasteiger partial charge in [-0.1, -0.05) is 25.3 Å². The molecule has 0 N–H and O–H groups in total. The molecule has 2 aliphatic rings. The second kappa shape index (κ2) is 6.04. The second-order valence-corrected chi connectivity index (χ2v) is 5.84. The predicted molar refractivity (Wildman–Crippen MR) is 86.6 cm³/mol. The Labute approximate surface area is 126 Å². The fourth-order valence-corrected chi connectivity index (χ4v) is 3.26. The SMILES string of the molecule is C=Cc1cc(C)c(OCCN2C[C@H]3C[C@@H]2CO3)cc1C=C. The van der Waals surface area contributed by atoms with Crippen LogP contribution in [0.2, 0.25) is 0 Å². The number of benzene rings is 1. The highest BCUT2D eigenvalue weighted by atomic mass is 16.5. The number of fused-ring (bicyclic) bond motifs is 2. The van der Waals surface area contributed by atoms with Crippen molar-refractivity contribution in [2.45, 2.75) is 25.5 Å². The summed E-state index contributed by atoms with van der Waals surface area (Å²) in [5, 5.41) is 0. The summed E-state index contributed by atoms with van der Waals surface area (Å²) < 4.78 is 11.6. The van der Waals surface area contributed by atoms with Gasteiger partial charge in [0.15, 0.2) is 0 Å². The molecule has 1 aromatic rings. The zero-order valence-corrected chi connectivity index (χ0v) is 12.7. The molecule has 1 aromatic carbocycles. The van der Waals surface area contributed by atoms with E-state index in [1.165, 1.54) is 6.42 Å². The number of hydrogen-bond donors (Lipinski definition) is 0. The Hall–Kier alpha value is -1.58. The summed E-state index contributed by atoms with van der Waals surface area (Å²) in [6, 6.07) is 4.76. The first kappa shape index (κ1) is 14.4. The zero-order chi connectivity index (χ0) is 14.8. The fourth-order valence-electron chi connectivity index (χ4n) is 3.26. The van der Waals surface area contributed by atoms with Crippen molar-refractivity contribution in [1.82, 2.24) is 4.90 Å². The Bertz CT molecular complexity index is 552. The van der Waals surface area contributed by atoms with Crippen LogP contribution in [0.1, 0.15) is 23.1 Å². The number of likely N-dealkylation sites (tertiary alicyclic amines) is 1. The van der Waals surface area contributed by atoms with Crippen LogP contribution >= 0.6 is 0 Å². The molecule has 0 radical (unpaired) electrons. The average Bonchev–Trinajstić information content (AvgIpc) is 3.11. The lowest BCUT2D eigenvalue weighted by Gasteiger charge is -2.26. The lowest BCUT2D eigenvalue weighted by atomic mass is 10.0. The fraction of sp³-hybridized carbons (Fsp3) is 0.444. The van der Waals surface area contributed by atoms with Gasteiger partial charge in [-0.2, -0.15) is 0 Å². The van der Waals surface area contributed by atoms with Crippen LogP contribution in [0, 0.1) is 6.92 Å². The molecule has 112 valence electrons. The minimum atomic E-state index is 0.455. The maximum atomic E-state index is 5.98. The van der Waals surface area contributed by atoms with E-state index in [1.807, 2.05) is 12.2 Å². The van der Waals surface area contributed by atoms with Crippen LogP contribution in [0.4, 0.5) is 0 Å². The number of morpholine rings is 1. The smallest absolute Gasteiger partial charge is 0.122 e. The van der Waals surface area contributed by atoms with E-state index in [0.29, 0.717) is 18.8 Å². The Morgan fingerprint density at radius 3 is 2.71 bits per heavy atom. The van der Waals surface area contributed by atoms with Gasteiger partial charge in [-0.05, 0) is 42.2 Å². The predicted octanol–water partition coefficient (Wildman–Crippen LogP) is 3.13. The van der Waals surface area contributed by atoms with E-state index in [1.54, 1.807) is 0 Å². The number of ether oxygens (including phenoxy) is 2. The standard InChI is InChI=1S/C18H23NO2/c1-4-14-8-13(3)18(9-15(14)5-2)20-7-6-19-11-17-10-16(19)12-21-17/h4-5,8-9,16-17H,1-2,6-7,10-12H2,3H3/t16-,17-/m1/s1. The summed E-state index contributed by atoms with van der Waals surface area (Å²) in [7, 11) is 0. The molecule has 21 heavy (non-hydrogen) atoms. The molecule has 0 spiro atoms. The zero-order valence-electron chi connectivity index (χ0n) is 12.7. The summed E-state index contributed by atoms with van der Waals surface area (Å²) in [6.45, 7) is 13.4. The van der Waals surface area contributed by atoms with Crippen molar-refractivity contribution < 1.29 is 9.47 Å². The lowest BCUT2D eigenvalue weighted by molar-refractivity contribution is 0.0257. The molecule has 2 aliphatic heterocycles. The van der Waals surface area contributed by atoms with Crippen LogP contribution in [-0.2, 0) is 4.74 Å². The minimum Gasteiger partial charge on any atom is -0.492 e. The van der Waals surface area contributed by atoms with Crippen molar-refractivity contribution in [3.63, 3.8) is 0 Å². The molecule has 2 atom stereocenters. The van der Waals surface area contributed by atoms with E-state index in [4.69, 9.17) is 9.47 Å². The molecule has 2 heterocycles. The van der Waals surface area contributed by atoms with Crippen LogP contribution in [0.15, 0.2) is 25.3 Å². The molecule has 3 heteroatoms. The first-order chi connectivity index (χ1) is 10.2. The van der Waals surface area contributed by atoms with Gasteiger partial charge in [0.1, 0.15) is 12.4 Å². The minimum absolute atomic E-state index is 0.455. The molecule has 2 bridgehead atoms. The van der Waals surface area contributed by atoms with Gasteiger partial charge in [-0.15, -0.1) is 0 Å². The second-order valence-electron chi connectivity index (χ2n) is 5.84. The van der Waals surface area contributed by atoms with Gasteiger partial charge in [0.2, 0.25) is 0 Å². The van der Waals surface area contributed by atoms with Crippen molar-refractivity contribution >= 4 is 12.2 Å². The van der Waals surface area contributed by atoms with Gasteiger partial charge in [0, 0.05) is 19.1 Å². The molecule has 0 aliphatic carbocycles. The highest BCUT2D eigenvalue weighted by molar-refractivity contribution is 5.66. The molecule has 2 fully saturated rings. The number of nitrogens with zero attached hydrogens (tertiary/aromatic N) is 1. The molecule has 0 unspecified atom stereocenters. The lowest BCUT2D eigenvalue weighted by Crippen LogP contribution is -2.39. The largest absolute Gasteiger partial charge is 0.492 e. The van der Waals surface area contributed by atoms with Crippen molar-refractivity contribution in [2.75, 3.05) is 26.3 Å². The Balaban J connectivity index is 1.60. The van der Waals surface area contributed by atoms with Gasteiger partial charge in [0.05, 0.1) is 12.7 Å². The maximum absolute atomic E-state index is 5.98. The Morgan fingerprint density at radius 1 is 1.33 bits per heavy atom. The average molecular weight is 285 g/mol. The molecule has 3 rings (SSSR count).